The van der Waals surface area contributed by atoms with Crippen LogP contribution >= 0.6 is 15.9 Å². The fourth-order valence-electron chi connectivity index (χ4n) is 3.38. The summed E-state index contributed by atoms with van der Waals surface area (Å²) in [6, 6.07) is 13.6. The van der Waals surface area contributed by atoms with Crippen LogP contribution < -0.4 is 5.32 Å². The van der Waals surface area contributed by atoms with Crippen LogP contribution in [0.4, 0.5) is 10.1 Å². The molecule has 3 aromatic rings. The number of anilines is 1. The van der Waals surface area contributed by atoms with Gasteiger partial charge in [-0.1, -0.05) is 17.3 Å². The van der Waals surface area contributed by atoms with Crippen LogP contribution in [0.5, 0.6) is 0 Å². The van der Waals surface area contributed by atoms with Gasteiger partial charge < -0.3 is 9.84 Å². The molecular weight excluding hydrogens is 439 g/mol. The number of carbonyl (C=O) groups is 1. The fraction of sp³-hybridized carbons (Fsp3) is 0.286. The number of halogens is 2. The molecule has 0 atom stereocenters. The Balaban J connectivity index is 1.29. The van der Waals surface area contributed by atoms with Gasteiger partial charge in [-0.2, -0.15) is 4.98 Å². The predicted octanol–water partition coefficient (Wildman–Crippen LogP) is 4.49. The summed E-state index contributed by atoms with van der Waals surface area (Å²) >= 11 is 3.45. The van der Waals surface area contributed by atoms with Gasteiger partial charge in [0, 0.05) is 16.0 Å². The first kappa shape index (κ1) is 19.7. The van der Waals surface area contributed by atoms with Crippen LogP contribution in [0.3, 0.4) is 0 Å². The molecule has 0 bridgehead atoms. The molecule has 8 heteroatoms. The molecule has 0 spiro atoms. The van der Waals surface area contributed by atoms with Crippen molar-refractivity contribution >= 4 is 27.5 Å². The SMILES string of the molecule is O=C(Nc1ccccc1Br)C1CCN(Cc2nc(-c3ccc(F)cc3)no2)CC1. The lowest BCUT2D eigenvalue weighted by Crippen LogP contribution is -2.37. The number of piperidine rings is 1. The Kier molecular flexibility index (Phi) is 6.01. The Morgan fingerprint density at radius 3 is 2.62 bits per heavy atom. The van der Waals surface area contributed by atoms with Gasteiger partial charge in [-0.3, -0.25) is 9.69 Å². The van der Waals surface area contributed by atoms with E-state index in [0.29, 0.717) is 23.8 Å². The number of benzene rings is 2. The van der Waals surface area contributed by atoms with Gasteiger partial charge in [-0.05, 0) is 78.3 Å². The van der Waals surface area contributed by atoms with E-state index in [-0.39, 0.29) is 17.6 Å². The first-order chi connectivity index (χ1) is 14.1. The van der Waals surface area contributed by atoms with Crippen molar-refractivity contribution in [3.05, 3.63) is 64.7 Å². The van der Waals surface area contributed by atoms with E-state index in [4.69, 9.17) is 4.52 Å². The Labute approximate surface area is 176 Å². The molecule has 2 aromatic carbocycles. The minimum atomic E-state index is -0.302. The molecule has 1 fully saturated rings. The molecule has 1 aromatic heterocycles. The van der Waals surface area contributed by atoms with Gasteiger partial charge in [0.15, 0.2) is 0 Å². The Hall–Kier alpha value is -2.58. The molecular formula is C21H20BrFN4O2. The number of para-hydroxylation sites is 1. The molecule has 1 amide bonds. The minimum absolute atomic E-state index is 0.0178. The number of nitrogens with one attached hydrogen (secondary N) is 1. The summed E-state index contributed by atoms with van der Waals surface area (Å²) in [7, 11) is 0. The topological polar surface area (TPSA) is 71.3 Å². The normalized spacial score (nSPS) is 15.4. The summed E-state index contributed by atoms with van der Waals surface area (Å²) < 4.78 is 19.3. The lowest BCUT2D eigenvalue weighted by Gasteiger charge is -2.30. The highest BCUT2D eigenvalue weighted by Gasteiger charge is 2.26. The molecule has 0 saturated carbocycles. The third kappa shape index (κ3) is 4.89. The smallest absolute Gasteiger partial charge is 0.241 e. The number of nitrogens with zero attached hydrogens (tertiary/aromatic N) is 3. The fourth-order valence-corrected chi connectivity index (χ4v) is 3.76. The Bertz CT molecular complexity index is 984. The number of hydrogen-bond donors (Lipinski definition) is 1. The molecule has 1 N–H and O–H groups in total. The standard InChI is InChI=1S/C21H20BrFN4O2/c22-17-3-1-2-4-18(17)24-21(28)15-9-11-27(12-10-15)13-19-25-20(26-29-19)14-5-7-16(23)8-6-14/h1-8,15H,9-13H2,(H,24,28). The molecule has 1 aliphatic heterocycles. The van der Waals surface area contributed by atoms with E-state index >= 15 is 0 Å². The van der Waals surface area contributed by atoms with Gasteiger partial charge in [0.1, 0.15) is 5.82 Å². The third-order valence-electron chi connectivity index (χ3n) is 5.02. The number of amides is 1. The number of hydrogen-bond acceptors (Lipinski definition) is 5. The maximum Gasteiger partial charge on any atom is 0.241 e. The lowest BCUT2D eigenvalue weighted by atomic mass is 9.96. The highest BCUT2D eigenvalue weighted by Crippen LogP contribution is 2.25. The average molecular weight is 459 g/mol. The van der Waals surface area contributed by atoms with E-state index in [1.165, 1.54) is 12.1 Å². The molecule has 29 heavy (non-hydrogen) atoms. The van der Waals surface area contributed by atoms with Crippen LogP contribution in [-0.4, -0.2) is 34.0 Å². The van der Waals surface area contributed by atoms with Gasteiger partial charge in [0.2, 0.25) is 17.6 Å². The third-order valence-corrected chi connectivity index (χ3v) is 5.71. The molecule has 0 radical (unpaired) electrons. The van der Waals surface area contributed by atoms with Crippen LogP contribution in [-0.2, 0) is 11.3 Å². The van der Waals surface area contributed by atoms with Crippen molar-refractivity contribution in [2.45, 2.75) is 19.4 Å². The van der Waals surface area contributed by atoms with Crippen LogP contribution in [0.25, 0.3) is 11.4 Å². The number of aromatic nitrogens is 2. The Morgan fingerprint density at radius 2 is 1.90 bits per heavy atom. The van der Waals surface area contributed by atoms with E-state index in [1.807, 2.05) is 24.3 Å². The molecule has 2 heterocycles. The van der Waals surface area contributed by atoms with Gasteiger partial charge in [-0.15, -0.1) is 0 Å². The summed E-state index contributed by atoms with van der Waals surface area (Å²) in [5.74, 6) is 0.691. The molecule has 150 valence electrons. The van der Waals surface area contributed by atoms with E-state index < -0.39 is 0 Å². The largest absolute Gasteiger partial charge is 0.338 e. The molecule has 6 nitrogen and oxygen atoms in total. The van der Waals surface area contributed by atoms with Gasteiger partial charge in [0.05, 0.1) is 12.2 Å². The molecule has 4 rings (SSSR count). The van der Waals surface area contributed by atoms with Crippen molar-refractivity contribution in [2.24, 2.45) is 5.92 Å². The maximum absolute atomic E-state index is 13.0. The zero-order valence-electron chi connectivity index (χ0n) is 15.6. The van der Waals surface area contributed by atoms with Crippen LogP contribution in [0.2, 0.25) is 0 Å². The Morgan fingerprint density at radius 1 is 1.17 bits per heavy atom. The lowest BCUT2D eigenvalue weighted by molar-refractivity contribution is -0.121. The summed E-state index contributed by atoms with van der Waals surface area (Å²) in [6.07, 6.45) is 1.55. The number of likely N-dealkylation sites (tertiary alicyclic amines) is 1. The van der Waals surface area contributed by atoms with Crippen molar-refractivity contribution in [3.63, 3.8) is 0 Å². The van der Waals surface area contributed by atoms with Gasteiger partial charge in [0.25, 0.3) is 0 Å². The predicted molar refractivity (Wildman–Crippen MR) is 110 cm³/mol. The van der Waals surface area contributed by atoms with Crippen LogP contribution in [0, 0.1) is 11.7 Å². The van der Waals surface area contributed by atoms with Crippen molar-refractivity contribution < 1.29 is 13.7 Å². The van der Waals surface area contributed by atoms with Crippen molar-refractivity contribution in [1.29, 1.82) is 0 Å². The highest BCUT2D eigenvalue weighted by molar-refractivity contribution is 9.10. The molecule has 0 unspecified atom stereocenters. The number of carbonyl (C=O) groups excluding carboxylic acids is 1. The second-order valence-corrected chi connectivity index (χ2v) is 7.89. The van der Waals surface area contributed by atoms with Crippen LogP contribution in [0.15, 0.2) is 57.5 Å². The summed E-state index contributed by atoms with van der Waals surface area (Å²) in [5, 5.41) is 6.97. The highest BCUT2D eigenvalue weighted by atomic mass is 79.9. The zero-order chi connectivity index (χ0) is 20.2. The van der Waals surface area contributed by atoms with E-state index in [2.05, 4.69) is 36.3 Å². The quantitative estimate of drug-likeness (QED) is 0.609. The molecule has 0 aliphatic carbocycles. The second-order valence-electron chi connectivity index (χ2n) is 7.04. The minimum Gasteiger partial charge on any atom is -0.338 e. The first-order valence-corrected chi connectivity index (χ1v) is 10.2. The molecule has 1 saturated heterocycles. The average Bonchev–Trinajstić information content (AvgIpc) is 3.19. The van der Waals surface area contributed by atoms with Crippen molar-refractivity contribution in [3.8, 4) is 11.4 Å². The monoisotopic (exact) mass is 458 g/mol. The first-order valence-electron chi connectivity index (χ1n) is 9.45. The van der Waals surface area contributed by atoms with E-state index in [1.54, 1.807) is 12.1 Å². The van der Waals surface area contributed by atoms with E-state index in [0.717, 1.165) is 36.1 Å². The number of rotatable bonds is 5. The molecule has 1 aliphatic rings. The van der Waals surface area contributed by atoms with Crippen LogP contribution in [0.1, 0.15) is 18.7 Å². The maximum atomic E-state index is 13.0. The van der Waals surface area contributed by atoms with Crippen molar-refractivity contribution in [1.82, 2.24) is 15.0 Å². The summed E-state index contributed by atoms with van der Waals surface area (Å²) in [5.41, 5.74) is 1.50. The van der Waals surface area contributed by atoms with E-state index in [9.17, 15) is 9.18 Å². The van der Waals surface area contributed by atoms with Gasteiger partial charge >= 0.3 is 0 Å². The summed E-state index contributed by atoms with van der Waals surface area (Å²) in [6.45, 7) is 2.09. The second kappa shape index (κ2) is 8.84. The van der Waals surface area contributed by atoms with Crippen molar-refractivity contribution in [2.75, 3.05) is 18.4 Å². The summed E-state index contributed by atoms with van der Waals surface area (Å²) in [4.78, 5) is 19.1. The zero-order valence-corrected chi connectivity index (χ0v) is 17.2. The van der Waals surface area contributed by atoms with Gasteiger partial charge in [-0.25, -0.2) is 4.39 Å².